The van der Waals surface area contributed by atoms with E-state index in [0.29, 0.717) is 17.8 Å². The van der Waals surface area contributed by atoms with Crippen LogP contribution in [0.2, 0.25) is 0 Å². The molecule has 2 aromatic carbocycles. The van der Waals surface area contributed by atoms with E-state index in [0.717, 1.165) is 21.6 Å². The number of hydrogen-bond donors (Lipinski definition) is 0. The molecule has 0 aromatic heterocycles. The fourth-order valence-corrected chi connectivity index (χ4v) is 1.91. The zero-order valence-electron chi connectivity index (χ0n) is 9.92. The van der Waals surface area contributed by atoms with Gasteiger partial charge in [0.05, 0.1) is 0 Å². The van der Waals surface area contributed by atoms with Crippen molar-refractivity contribution >= 4 is 34.7 Å². The van der Waals surface area contributed by atoms with Crippen molar-refractivity contribution in [3.8, 4) is 16.9 Å². The summed E-state index contributed by atoms with van der Waals surface area (Å²) in [6.07, 6.45) is 0.794. The molecular formula is C14H9LiO3. The molecule has 0 atom stereocenters. The van der Waals surface area contributed by atoms with Gasteiger partial charge in [0.2, 0.25) is 0 Å². The average molecular weight is 232 g/mol. The monoisotopic (exact) mass is 232 g/mol. The predicted molar refractivity (Wildman–Crippen MR) is 69.3 cm³/mol. The summed E-state index contributed by atoms with van der Waals surface area (Å²) in [6.45, 7) is 0.398. The van der Waals surface area contributed by atoms with Crippen LogP contribution in [0.25, 0.3) is 11.1 Å². The Bertz CT molecular complexity index is 593. The summed E-state index contributed by atoms with van der Waals surface area (Å²) >= 11 is 1.85. The van der Waals surface area contributed by atoms with Gasteiger partial charge in [-0.1, -0.05) is 0 Å². The average Bonchev–Trinajstić information content (AvgIpc) is 2.41. The normalized spacial score (nSPS) is 9.89. The Morgan fingerprint density at radius 3 is 2.39 bits per heavy atom. The van der Waals surface area contributed by atoms with Crippen LogP contribution in [0.1, 0.15) is 10.4 Å². The van der Waals surface area contributed by atoms with Crippen LogP contribution in [0, 0.1) is 0 Å². The third-order valence-corrected chi connectivity index (χ3v) is 2.76. The van der Waals surface area contributed by atoms with Gasteiger partial charge in [-0.25, -0.2) is 0 Å². The summed E-state index contributed by atoms with van der Waals surface area (Å²) in [7, 11) is 0. The Hall–Kier alpha value is -1.82. The van der Waals surface area contributed by atoms with Gasteiger partial charge in [0.25, 0.3) is 0 Å². The Balaban J connectivity index is 2.66. The van der Waals surface area contributed by atoms with Crippen molar-refractivity contribution in [2.24, 2.45) is 0 Å². The van der Waals surface area contributed by atoms with Crippen LogP contribution in [-0.4, -0.2) is 30.5 Å². The van der Waals surface area contributed by atoms with Gasteiger partial charge in [0.15, 0.2) is 0 Å². The van der Waals surface area contributed by atoms with Crippen molar-refractivity contribution in [1.29, 1.82) is 0 Å². The molecule has 0 unspecified atom stereocenters. The van der Waals surface area contributed by atoms with Crippen molar-refractivity contribution in [1.82, 2.24) is 0 Å². The van der Waals surface area contributed by atoms with Gasteiger partial charge in [-0.2, -0.15) is 0 Å². The van der Waals surface area contributed by atoms with E-state index in [4.69, 9.17) is 4.74 Å². The third-order valence-electron chi connectivity index (χ3n) is 2.76. The number of rotatable bonds is 4. The molecule has 84 valence electrons. The van der Waals surface area contributed by atoms with Crippen LogP contribution in [0.15, 0.2) is 42.5 Å². The van der Waals surface area contributed by atoms with Gasteiger partial charge < -0.3 is 0 Å². The number of carbonyl (C=O) groups excluding carboxylic acids is 2. The van der Waals surface area contributed by atoms with Crippen molar-refractivity contribution in [3.05, 3.63) is 48.0 Å². The van der Waals surface area contributed by atoms with E-state index in [2.05, 4.69) is 0 Å². The molecule has 0 saturated heterocycles. The standard InChI is InChI=1S/C14H9O3.Li/c15-9-11-5-1-2-6-12(11)13-7-3-4-8-14(13)17-10-16;/h1-7,9-10H;. The molecule has 0 amide bonds. The van der Waals surface area contributed by atoms with E-state index in [9.17, 15) is 9.59 Å². The first kappa shape index (κ1) is 12.6. The van der Waals surface area contributed by atoms with Crippen LogP contribution < -0.4 is 8.97 Å². The van der Waals surface area contributed by atoms with Gasteiger partial charge in [0.1, 0.15) is 0 Å². The Labute approximate surface area is 114 Å². The molecule has 0 heterocycles. The molecule has 0 aliphatic heterocycles. The summed E-state index contributed by atoms with van der Waals surface area (Å²) in [6, 6.07) is 12.7. The van der Waals surface area contributed by atoms with Crippen LogP contribution in [0.3, 0.4) is 0 Å². The number of ether oxygens (including phenoxy) is 1. The van der Waals surface area contributed by atoms with Gasteiger partial charge in [0, 0.05) is 0 Å². The number of hydrogen-bond acceptors (Lipinski definition) is 3. The Morgan fingerprint density at radius 1 is 0.944 bits per heavy atom. The molecule has 0 saturated carbocycles. The zero-order chi connectivity index (χ0) is 13.0. The first-order chi connectivity index (χ1) is 8.77. The van der Waals surface area contributed by atoms with Crippen molar-refractivity contribution in [2.45, 2.75) is 0 Å². The maximum absolute atomic E-state index is 11.0. The summed E-state index contributed by atoms with van der Waals surface area (Å²) in [5.74, 6) is 0.488. The maximum atomic E-state index is 11.0. The SMILES string of the molecule is [Li][c]1cccc(-c2ccccc2C=O)c1OC=O. The Morgan fingerprint density at radius 2 is 1.67 bits per heavy atom. The van der Waals surface area contributed by atoms with E-state index in [-0.39, 0.29) is 0 Å². The molecular weight excluding hydrogens is 223 g/mol. The summed E-state index contributed by atoms with van der Waals surface area (Å²) in [5.41, 5.74) is 2.07. The molecule has 18 heavy (non-hydrogen) atoms. The van der Waals surface area contributed by atoms with Gasteiger partial charge in [-0.05, 0) is 0 Å². The second-order valence-corrected chi connectivity index (χ2v) is 3.87. The zero-order valence-corrected chi connectivity index (χ0v) is 9.92. The molecule has 0 aliphatic carbocycles. The van der Waals surface area contributed by atoms with Crippen molar-refractivity contribution in [2.75, 3.05) is 0 Å². The van der Waals surface area contributed by atoms with Crippen molar-refractivity contribution in [3.63, 3.8) is 0 Å². The van der Waals surface area contributed by atoms with E-state index in [1.807, 2.05) is 48.0 Å². The van der Waals surface area contributed by atoms with Crippen LogP contribution in [0.4, 0.5) is 0 Å². The fraction of sp³-hybridized carbons (Fsp3) is 0. The molecule has 2 rings (SSSR count). The van der Waals surface area contributed by atoms with E-state index >= 15 is 0 Å². The molecule has 0 bridgehead atoms. The summed E-state index contributed by atoms with van der Waals surface area (Å²) in [5, 5.41) is 0. The summed E-state index contributed by atoms with van der Waals surface area (Å²) < 4.78 is 5.87. The quantitative estimate of drug-likeness (QED) is 0.592. The Kier molecular flexibility index (Phi) is 3.98. The molecule has 4 heteroatoms. The summed E-state index contributed by atoms with van der Waals surface area (Å²) in [4.78, 5) is 21.6. The first-order valence-corrected chi connectivity index (χ1v) is 5.52. The molecule has 0 aliphatic rings. The number of carbonyl (C=O) groups is 2. The van der Waals surface area contributed by atoms with Gasteiger partial charge in [-0.15, -0.1) is 0 Å². The molecule has 0 N–H and O–H groups in total. The molecule has 2 aromatic rings. The first-order valence-electron chi connectivity index (χ1n) is 5.52. The number of aldehydes is 1. The van der Waals surface area contributed by atoms with Crippen LogP contribution >= 0.6 is 0 Å². The second-order valence-electron chi connectivity index (χ2n) is 3.87. The topological polar surface area (TPSA) is 43.4 Å². The van der Waals surface area contributed by atoms with Gasteiger partial charge in [-0.3, -0.25) is 0 Å². The minimum absolute atomic E-state index is 0.398. The van der Waals surface area contributed by atoms with Crippen LogP contribution in [0.5, 0.6) is 5.75 Å². The number of para-hydroxylation sites is 1. The van der Waals surface area contributed by atoms with E-state index in [1.54, 1.807) is 12.1 Å². The van der Waals surface area contributed by atoms with Crippen LogP contribution in [-0.2, 0) is 4.79 Å². The minimum atomic E-state index is 0.398. The second kappa shape index (κ2) is 5.68. The number of benzene rings is 2. The molecule has 0 spiro atoms. The molecule has 0 fully saturated rings. The molecule has 3 nitrogen and oxygen atoms in total. The third kappa shape index (κ3) is 2.38. The van der Waals surface area contributed by atoms with Crippen molar-refractivity contribution < 1.29 is 14.3 Å². The van der Waals surface area contributed by atoms with E-state index in [1.165, 1.54) is 0 Å². The fourth-order valence-electron chi connectivity index (χ4n) is 1.91. The predicted octanol–water partition coefficient (Wildman–Crippen LogP) is 1.50. The molecule has 0 radical (unpaired) electrons. The van der Waals surface area contributed by atoms with E-state index < -0.39 is 0 Å². The van der Waals surface area contributed by atoms with Gasteiger partial charge >= 0.3 is 114 Å².